The minimum absolute atomic E-state index is 0.409. The summed E-state index contributed by atoms with van der Waals surface area (Å²) in [6.07, 6.45) is 9.37. The van der Waals surface area contributed by atoms with Crippen molar-refractivity contribution in [2.45, 2.75) is 6.92 Å². The number of benzene rings is 1. The van der Waals surface area contributed by atoms with Crippen LogP contribution in [0.5, 0.6) is 0 Å². The first kappa shape index (κ1) is 19.1. The molecule has 1 heterocycles. The van der Waals surface area contributed by atoms with Crippen LogP contribution in [0, 0.1) is 0 Å². The fraction of sp³-hybridized carbons (Fsp3) is 0.190. The van der Waals surface area contributed by atoms with E-state index < -0.39 is 0 Å². The van der Waals surface area contributed by atoms with Crippen LogP contribution in [0.3, 0.4) is 0 Å². The standard InChI is InChI=1S/C21H25N5/c1-6-9-19(23-3)18-13-24-21(25-20(18)22)17-11-8-10-16(12-17)15(7-2)14-26(4)5/h6-14H,2H2,1,3-5H3,(H2,22,24,25)/b9-6-,15-14+,23-19?. The van der Waals surface area contributed by atoms with Crippen molar-refractivity contribution in [3.8, 4) is 11.4 Å². The van der Waals surface area contributed by atoms with Gasteiger partial charge in [-0.3, -0.25) is 4.99 Å². The Morgan fingerprint density at radius 3 is 2.65 bits per heavy atom. The monoisotopic (exact) mass is 347 g/mol. The zero-order valence-electron chi connectivity index (χ0n) is 15.8. The third kappa shape index (κ3) is 4.45. The minimum Gasteiger partial charge on any atom is -0.383 e. The van der Waals surface area contributed by atoms with Crippen molar-refractivity contribution in [1.29, 1.82) is 0 Å². The summed E-state index contributed by atoms with van der Waals surface area (Å²) in [5.41, 5.74) is 10.6. The van der Waals surface area contributed by atoms with Crippen molar-refractivity contribution in [1.82, 2.24) is 14.9 Å². The molecule has 134 valence electrons. The number of allylic oxidation sites excluding steroid dienone is 4. The van der Waals surface area contributed by atoms with Crippen LogP contribution in [0.15, 0.2) is 66.5 Å². The third-order valence-corrected chi connectivity index (χ3v) is 3.73. The molecule has 0 aliphatic heterocycles. The molecule has 1 aromatic heterocycles. The summed E-state index contributed by atoms with van der Waals surface area (Å²) >= 11 is 0. The van der Waals surface area contributed by atoms with Gasteiger partial charge in [-0.15, -0.1) is 0 Å². The maximum atomic E-state index is 6.16. The normalized spacial score (nSPS) is 12.5. The lowest BCUT2D eigenvalue weighted by Crippen LogP contribution is -2.07. The third-order valence-electron chi connectivity index (χ3n) is 3.73. The Bertz CT molecular complexity index is 876. The van der Waals surface area contributed by atoms with Crippen molar-refractivity contribution < 1.29 is 0 Å². The van der Waals surface area contributed by atoms with Gasteiger partial charge >= 0.3 is 0 Å². The zero-order valence-corrected chi connectivity index (χ0v) is 15.8. The first-order valence-corrected chi connectivity index (χ1v) is 8.34. The molecule has 0 aliphatic rings. The van der Waals surface area contributed by atoms with Crippen molar-refractivity contribution in [3.05, 3.63) is 72.6 Å². The smallest absolute Gasteiger partial charge is 0.161 e. The van der Waals surface area contributed by atoms with E-state index in [1.54, 1.807) is 13.2 Å². The molecule has 0 saturated heterocycles. The average Bonchev–Trinajstić information content (AvgIpc) is 2.64. The van der Waals surface area contributed by atoms with Gasteiger partial charge in [0.25, 0.3) is 0 Å². The first-order chi connectivity index (χ1) is 12.5. The number of nitrogen functional groups attached to an aromatic ring is 1. The summed E-state index contributed by atoms with van der Waals surface area (Å²) in [7, 11) is 5.68. The lowest BCUT2D eigenvalue weighted by atomic mass is 10.0. The van der Waals surface area contributed by atoms with Gasteiger partial charge < -0.3 is 10.6 Å². The van der Waals surface area contributed by atoms with Gasteiger partial charge in [-0.2, -0.15) is 0 Å². The van der Waals surface area contributed by atoms with Crippen molar-refractivity contribution >= 4 is 17.1 Å². The molecule has 2 N–H and O–H groups in total. The average molecular weight is 347 g/mol. The quantitative estimate of drug-likeness (QED) is 0.637. The van der Waals surface area contributed by atoms with E-state index >= 15 is 0 Å². The van der Waals surface area contributed by atoms with Crippen molar-refractivity contribution in [2.24, 2.45) is 4.99 Å². The Kier molecular flexibility index (Phi) is 6.44. The molecule has 0 spiro atoms. The molecular formula is C21H25N5. The predicted octanol–water partition coefficient (Wildman–Crippen LogP) is 3.81. The van der Waals surface area contributed by atoms with E-state index in [1.807, 2.05) is 74.6 Å². The molecule has 5 heteroatoms. The number of rotatable bonds is 6. The van der Waals surface area contributed by atoms with Crippen LogP contribution in [0.25, 0.3) is 17.0 Å². The largest absolute Gasteiger partial charge is 0.383 e. The van der Waals surface area contributed by atoms with Crippen molar-refractivity contribution in [3.63, 3.8) is 0 Å². The molecule has 0 atom stereocenters. The van der Waals surface area contributed by atoms with Gasteiger partial charge in [0.15, 0.2) is 5.82 Å². The maximum absolute atomic E-state index is 6.16. The first-order valence-electron chi connectivity index (χ1n) is 8.34. The predicted molar refractivity (Wildman–Crippen MR) is 111 cm³/mol. The number of hydrogen-bond donors (Lipinski definition) is 1. The molecule has 0 saturated carbocycles. The summed E-state index contributed by atoms with van der Waals surface area (Å²) in [6.45, 7) is 5.83. The number of nitrogens with two attached hydrogens (primary N) is 1. The minimum atomic E-state index is 0.409. The second kappa shape index (κ2) is 8.76. The van der Waals surface area contributed by atoms with Crippen LogP contribution in [0.1, 0.15) is 18.1 Å². The van der Waals surface area contributed by atoms with E-state index in [0.29, 0.717) is 11.6 Å². The summed E-state index contributed by atoms with van der Waals surface area (Å²) in [5.74, 6) is 0.990. The molecule has 0 unspecified atom stereocenters. The van der Waals surface area contributed by atoms with Gasteiger partial charge in [0.05, 0.1) is 11.3 Å². The van der Waals surface area contributed by atoms with E-state index in [-0.39, 0.29) is 0 Å². The SMILES string of the molecule is C=C/C(=C\N(C)C)c1cccc(-c2ncc(C(/C=C\C)=NC)c(N)n2)c1. The Balaban J connectivity index is 2.45. The van der Waals surface area contributed by atoms with Crippen LogP contribution in [-0.2, 0) is 0 Å². The summed E-state index contributed by atoms with van der Waals surface area (Å²) in [5, 5.41) is 0. The Hall–Kier alpha value is -3.21. The zero-order chi connectivity index (χ0) is 19.1. The highest BCUT2D eigenvalue weighted by atomic mass is 15.0. The molecule has 1 aromatic carbocycles. The maximum Gasteiger partial charge on any atom is 0.161 e. The van der Waals surface area contributed by atoms with Crippen LogP contribution < -0.4 is 5.73 Å². The Morgan fingerprint density at radius 1 is 1.31 bits per heavy atom. The number of aliphatic imine (C=N–C) groups is 1. The highest BCUT2D eigenvalue weighted by Crippen LogP contribution is 2.23. The van der Waals surface area contributed by atoms with Gasteiger partial charge in [-0.05, 0) is 30.2 Å². The van der Waals surface area contributed by atoms with E-state index in [0.717, 1.165) is 28.0 Å². The lowest BCUT2D eigenvalue weighted by molar-refractivity contribution is 0.566. The summed E-state index contributed by atoms with van der Waals surface area (Å²) in [4.78, 5) is 15.2. The summed E-state index contributed by atoms with van der Waals surface area (Å²) < 4.78 is 0. The topological polar surface area (TPSA) is 67.4 Å². The molecule has 5 nitrogen and oxygen atoms in total. The Morgan fingerprint density at radius 2 is 2.08 bits per heavy atom. The fourth-order valence-electron chi connectivity index (χ4n) is 2.54. The number of hydrogen-bond acceptors (Lipinski definition) is 5. The number of nitrogens with zero attached hydrogens (tertiary/aromatic N) is 4. The fourth-order valence-corrected chi connectivity index (χ4v) is 2.54. The molecule has 0 aliphatic carbocycles. The van der Waals surface area contributed by atoms with E-state index in [9.17, 15) is 0 Å². The van der Waals surface area contributed by atoms with E-state index in [2.05, 4.69) is 21.5 Å². The van der Waals surface area contributed by atoms with Gasteiger partial charge in [0.2, 0.25) is 0 Å². The molecule has 2 aromatic rings. The molecular weight excluding hydrogens is 322 g/mol. The molecule has 0 radical (unpaired) electrons. The van der Waals surface area contributed by atoms with E-state index in [1.165, 1.54) is 0 Å². The van der Waals surface area contributed by atoms with Gasteiger partial charge in [0, 0.05) is 39.1 Å². The highest BCUT2D eigenvalue weighted by Gasteiger charge is 2.10. The van der Waals surface area contributed by atoms with Gasteiger partial charge in [0.1, 0.15) is 5.82 Å². The van der Waals surface area contributed by atoms with Crippen LogP contribution in [-0.4, -0.2) is 41.7 Å². The van der Waals surface area contributed by atoms with Crippen LogP contribution >= 0.6 is 0 Å². The molecule has 0 bridgehead atoms. The molecule has 0 fully saturated rings. The summed E-state index contributed by atoms with van der Waals surface area (Å²) in [6, 6.07) is 8.01. The molecule has 26 heavy (non-hydrogen) atoms. The molecule has 2 rings (SSSR count). The lowest BCUT2D eigenvalue weighted by Gasteiger charge is -2.11. The van der Waals surface area contributed by atoms with Gasteiger partial charge in [-0.25, -0.2) is 9.97 Å². The van der Waals surface area contributed by atoms with Crippen molar-refractivity contribution in [2.75, 3.05) is 26.9 Å². The number of anilines is 1. The Labute approximate surface area is 155 Å². The highest BCUT2D eigenvalue weighted by molar-refractivity contribution is 6.11. The second-order valence-corrected chi connectivity index (χ2v) is 5.93. The van der Waals surface area contributed by atoms with E-state index in [4.69, 9.17) is 5.73 Å². The second-order valence-electron chi connectivity index (χ2n) is 5.93. The van der Waals surface area contributed by atoms with Crippen LogP contribution in [0.2, 0.25) is 0 Å². The molecule has 0 amide bonds. The number of aromatic nitrogens is 2. The van der Waals surface area contributed by atoms with Gasteiger partial charge in [-0.1, -0.05) is 36.9 Å². The van der Waals surface area contributed by atoms with Crippen LogP contribution in [0.4, 0.5) is 5.82 Å².